The molecule has 71 valence electrons. The molecule has 0 aromatic heterocycles. The maximum Gasteiger partial charge on any atom is 0.204 e. The first kappa shape index (κ1) is 10.5. The smallest absolute Gasteiger partial charge is 0.204 e. The minimum atomic E-state index is -0.478. The number of hydrogen-bond acceptors (Lipinski definition) is 2. The predicted octanol–water partition coefficient (Wildman–Crippen LogP) is 2.24. The van der Waals surface area contributed by atoms with Gasteiger partial charge in [0.05, 0.1) is 11.6 Å². The van der Waals surface area contributed by atoms with Gasteiger partial charge in [-0.05, 0) is 24.1 Å². The molecular formula is C12H12NO. The zero-order valence-corrected chi connectivity index (χ0v) is 8.37. The Morgan fingerprint density at radius 1 is 1.43 bits per heavy atom. The molecule has 0 heterocycles. The van der Waals surface area contributed by atoms with E-state index < -0.39 is 5.41 Å². The number of carbonyl (C=O) groups excluding carboxylic acids is 1. The van der Waals surface area contributed by atoms with Gasteiger partial charge in [-0.25, -0.2) is 0 Å². The van der Waals surface area contributed by atoms with Crippen molar-refractivity contribution in [2.24, 2.45) is 5.41 Å². The van der Waals surface area contributed by atoms with Crippen LogP contribution in [0.5, 0.6) is 0 Å². The van der Waals surface area contributed by atoms with Crippen molar-refractivity contribution >= 4 is 6.29 Å². The van der Waals surface area contributed by atoms with Crippen LogP contribution in [0.3, 0.4) is 0 Å². The summed E-state index contributed by atoms with van der Waals surface area (Å²) in [6, 6.07) is 9.37. The second kappa shape index (κ2) is 4.06. The Balaban J connectivity index is 2.88. The lowest BCUT2D eigenvalue weighted by Crippen LogP contribution is -2.16. The minimum absolute atomic E-state index is 0.478. The number of hydrogen-bond donors (Lipinski definition) is 0. The first-order valence-electron chi connectivity index (χ1n) is 4.46. The Hall–Kier alpha value is -1.62. The maximum absolute atomic E-state index is 10.6. The molecule has 1 aromatic carbocycles. The lowest BCUT2D eigenvalue weighted by Gasteiger charge is -2.15. The van der Waals surface area contributed by atoms with Crippen LogP contribution in [0.2, 0.25) is 0 Å². The Labute approximate surface area is 84.2 Å². The molecule has 1 aromatic rings. The van der Waals surface area contributed by atoms with Gasteiger partial charge in [-0.1, -0.05) is 26.0 Å². The quantitative estimate of drug-likeness (QED) is 0.726. The monoisotopic (exact) mass is 186 g/mol. The molecule has 1 radical (unpaired) electrons. The van der Waals surface area contributed by atoms with Crippen LogP contribution >= 0.6 is 0 Å². The van der Waals surface area contributed by atoms with E-state index >= 15 is 0 Å². The number of benzene rings is 1. The van der Waals surface area contributed by atoms with Crippen LogP contribution in [0.15, 0.2) is 24.3 Å². The van der Waals surface area contributed by atoms with Crippen molar-refractivity contribution in [2.75, 3.05) is 0 Å². The Bertz CT molecular complexity index is 374. The van der Waals surface area contributed by atoms with E-state index in [-0.39, 0.29) is 0 Å². The van der Waals surface area contributed by atoms with Gasteiger partial charge in [0.2, 0.25) is 6.29 Å². The van der Waals surface area contributed by atoms with E-state index in [1.165, 1.54) is 0 Å². The average Bonchev–Trinajstić information content (AvgIpc) is 2.17. The van der Waals surface area contributed by atoms with Crippen molar-refractivity contribution in [1.29, 1.82) is 5.26 Å². The highest BCUT2D eigenvalue weighted by Gasteiger charge is 2.18. The first-order chi connectivity index (χ1) is 6.57. The third-order valence-electron chi connectivity index (χ3n) is 1.98. The molecule has 0 aliphatic carbocycles. The van der Waals surface area contributed by atoms with E-state index in [2.05, 4.69) is 6.07 Å². The van der Waals surface area contributed by atoms with E-state index in [0.717, 1.165) is 5.56 Å². The third kappa shape index (κ3) is 2.70. The third-order valence-corrected chi connectivity index (χ3v) is 1.98. The van der Waals surface area contributed by atoms with Crippen LogP contribution in [0, 0.1) is 16.7 Å². The molecule has 0 amide bonds. The Kier molecular flexibility index (Phi) is 3.03. The summed E-state index contributed by atoms with van der Waals surface area (Å²) >= 11 is 0. The van der Waals surface area contributed by atoms with Gasteiger partial charge in [0.1, 0.15) is 0 Å². The molecule has 0 aliphatic heterocycles. The largest absolute Gasteiger partial charge is 0.290 e. The fraction of sp³-hybridized carbons (Fsp3) is 0.333. The summed E-state index contributed by atoms with van der Waals surface area (Å²) in [5, 5.41) is 8.69. The molecule has 0 atom stereocenters. The second-order valence-corrected chi connectivity index (χ2v) is 3.97. The van der Waals surface area contributed by atoms with E-state index in [1.54, 1.807) is 12.1 Å². The molecule has 2 heteroatoms. The molecular weight excluding hydrogens is 174 g/mol. The lowest BCUT2D eigenvalue weighted by molar-refractivity contribution is 0.448. The van der Waals surface area contributed by atoms with Crippen LogP contribution in [0.4, 0.5) is 0 Å². The standard InChI is InChI=1S/C12H12NO/c1-12(2,9-14)7-10-4-3-5-11(6-10)8-13/h3-6H,7H2,1-2H3. The van der Waals surface area contributed by atoms with Gasteiger partial charge in [0.25, 0.3) is 0 Å². The van der Waals surface area contributed by atoms with Crippen molar-refractivity contribution in [1.82, 2.24) is 0 Å². The lowest BCUT2D eigenvalue weighted by atomic mass is 9.87. The zero-order valence-electron chi connectivity index (χ0n) is 8.37. The maximum atomic E-state index is 10.6. The summed E-state index contributed by atoms with van der Waals surface area (Å²) in [6.07, 6.45) is 2.61. The fourth-order valence-electron chi connectivity index (χ4n) is 1.30. The molecule has 0 saturated carbocycles. The molecule has 0 bridgehead atoms. The van der Waals surface area contributed by atoms with Crippen molar-refractivity contribution < 1.29 is 4.79 Å². The Morgan fingerprint density at radius 2 is 2.14 bits per heavy atom. The SMILES string of the molecule is CC(C)([C]=O)Cc1cccc(C#N)c1. The van der Waals surface area contributed by atoms with Crippen molar-refractivity contribution in [2.45, 2.75) is 20.3 Å². The normalized spacial score (nSPS) is 10.6. The first-order valence-corrected chi connectivity index (χ1v) is 4.46. The van der Waals surface area contributed by atoms with Gasteiger partial charge in [-0.15, -0.1) is 0 Å². The molecule has 1 rings (SSSR count). The van der Waals surface area contributed by atoms with E-state index in [1.807, 2.05) is 32.3 Å². The molecule has 2 nitrogen and oxygen atoms in total. The predicted molar refractivity (Wildman–Crippen MR) is 54.3 cm³/mol. The van der Waals surface area contributed by atoms with Gasteiger partial charge in [-0.2, -0.15) is 5.26 Å². The summed E-state index contributed by atoms with van der Waals surface area (Å²) in [6.45, 7) is 3.66. The zero-order chi connectivity index (χ0) is 10.6. The van der Waals surface area contributed by atoms with Crippen LogP contribution < -0.4 is 0 Å². The highest BCUT2D eigenvalue weighted by Crippen LogP contribution is 2.19. The van der Waals surface area contributed by atoms with Crippen LogP contribution in [0.25, 0.3) is 0 Å². The van der Waals surface area contributed by atoms with E-state index in [9.17, 15) is 4.79 Å². The molecule has 0 fully saturated rings. The molecule has 0 unspecified atom stereocenters. The second-order valence-electron chi connectivity index (χ2n) is 3.97. The fourth-order valence-corrected chi connectivity index (χ4v) is 1.30. The highest BCUT2D eigenvalue weighted by atomic mass is 16.1. The van der Waals surface area contributed by atoms with Gasteiger partial charge < -0.3 is 0 Å². The van der Waals surface area contributed by atoms with Gasteiger partial charge in [0, 0.05) is 5.41 Å². The highest BCUT2D eigenvalue weighted by molar-refractivity contribution is 5.59. The summed E-state index contributed by atoms with van der Waals surface area (Å²) in [4.78, 5) is 10.6. The topological polar surface area (TPSA) is 40.9 Å². The Morgan fingerprint density at radius 3 is 2.71 bits per heavy atom. The average molecular weight is 186 g/mol. The van der Waals surface area contributed by atoms with Crippen LogP contribution in [-0.4, -0.2) is 6.29 Å². The van der Waals surface area contributed by atoms with Crippen molar-refractivity contribution in [3.05, 3.63) is 35.4 Å². The summed E-state index contributed by atoms with van der Waals surface area (Å²) in [5.74, 6) is 0. The molecule has 0 spiro atoms. The minimum Gasteiger partial charge on any atom is -0.290 e. The van der Waals surface area contributed by atoms with Crippen molar-refractivity contribution in [3.63, 3.8) is 0 Å². The molecule has 0 N–H and O–H groups in total. The van der Waals surface area contributed by atoms with Gasteiger partial charge in [-0.3, -0.25) is 4.79 Å². The van der Waals surface area contributed by atoms with Crippen LogP contribution in [0.1, 0.15) is 25.0 Å². The van der Waals surface area contributed by atoms with E-state index in [4.69, 9.17) is 5.26 Å². The molecule has 14 heavy (non-hydrogen) atoms. The number of nitriles is 1. The summed E-state index contributed by atoms with van der Waals surface area (Å²) < 4.78 is 0. The van der Waals surface area contributed by atoms with Crippen LogP contribution in [-0.2, 0) is 11.2 Å². The summed E-state index contributed by atoms with van der Waals surface area (Å²) in [7, 11) is 0. The van der Waals surface area contributed by atoms with Crippen molar-refractivity contribution in [3.8, 4) is 6.07 Å². The van der Waals surface area contributed by atoms with Gasteiger partial charge >= 0.3 is 0 Å². The number of nitrogens with zero attached hydrogens (tertiary/aromatic N) is 1. The molecule has 0 aliphatic rings. The molecule has 0 saturated heterocycles. The number of rotatable bonds is 3. The van der Waals surface area contributed by atoms with Gasteiger partial charge in [0.15, 0.2) is 0 Å². The van der Waals surface area contributed by atoms with E-state index in [0.29, 0.717) is 12.0 Å². The summed E-state index contributed by atoms with van der Waals surface area (Å²) in [5.41, 5.74) is 1.15.